The standard InChI is InChI=1S/C11H13NO5/c1-6(14)12-10(11(16)17)7-2-3-8(5-13)9(15)4-7/h2-4,10,13,15H,5H2,1H3,(H,12,14)(H,16,17). The maximum atomic E-state index is 11.0. The number of amides is 1. The second kappa shape index (κ2) is 5.31. The van der Waals surface area contributed by atoms with Gasteiger partial charge in [-0.3, -0.25) is 4.79 Å². The number of aliphatic hydroxyl groups excluding tert-OH is 1. The lowest BCUT2D eigenvalue weighted by Gasteiger charge is -2.14. The van der Waals surface area contributed by atoms with Crippen molar-refractivity contribution in [1.29, 1.82) is 0 Å². The number of rotatable bonds is 4. The molecule has 0 aliphatic carbocycles. The summed E-state index contributed by atoms with van der Waals surface area (Å²) in [6.45, 7) is 0.863. The molecule has 0 saturated carbocycles. The van der Waals surface area contributed by atoms with E-state index in [2.05, 4.69) is 5.32 Å². The Balaban J connectivity index is 3.06. The topological polar surface area (TPSA) is 107 Å². The first-order chi connectivity index (χ1) is 7.95. The van der Waals surface area contributed by atoms with Gasteiger partial charge in [0.25, 0.3) is 0 Å². The van der Waals surface area contributed by atoms with E-state index in [0.29, 0.717) is 5.56 Å². The average molecular weight is 239 g/mol. The van der Waals surface area contributed by atoms with Crippen LogP contribution in [0.3, 0.4) is 0 Å². The molecule has 0 aliphatic rings. The quantitative estimate of drug-likeness (QED) is 0.598. The van der Waals surface area contributed by atoms with E-state index in [1.807, 2.05) is 0 Å². The van der Waals surface area contributed by atoms with E-state index in [1.165, 1.54) is 25.1 Å². The van der Waals surface area contributed by atoms with Crippen LogP contribution in [0.15, 0.2) is 18.2 Å². The van der Waals surface area contributed by atoms with Crippen LogP contribution in [0.25, 0.3) is 0 Å². The summed E-state index contributed by atoms with van der Waals surface area (Å²) in [6, 6.07) is 2.83. The number of nitrogens with one attached hydrogen (secondary N) is 1. The molecule has 0 fully saturated rings. The number of carbonyl (C=O) groups is 2. The molecule has 1 aromatic rings. The monoisotopic (exact) mass is 239 g/mol. The molecule has 1 rings (SSSR count). The lowest BCUT2D eigenvalue weighted by atomic mass is 10.0. The second-order valence-corrected chi connectivity index (χ2v) is 3.52. The summed E-state index contributed by atoms with van der Waals surface area (Å²) in [5.74, 6) is -1.92. The molecule has 6 heteroatoms. The predicted molar refractivity (Wildman–Crippen MR) is 58.2 cm³/mol. The summed E-state index contributed by atoms with van der Waals surface area (Å²) in [6.07, 6.45) is 0. The number of aromatic hydroxyl groups is 1. The van der Waals surface area contributed by atoms with Crippen LogP contribution in [-0.4, -0.2) is 27.2 Å². The molecule has 1 amide bonds. The Hall–Kier alpha value is -2.08. The van der Waals surface area contributed by atoms with Crippen molar-refractivity contribution in [3.05, 3.63) is 29.3 Å². The third-order valence-electron chi connectivity index (χ3n) is 2.21. The number of hydrogen-bond donors (Lipinski definition) is 4. The van der Waals surface area contributed by atoms with Gasteiger partial charge in [-0.15, -0.1) is 0 Å². The van der Waals surface area contributed by atoms with Gasteiger partial charge in [0.1, 0.15) is 5.75 Å². The Kier molecular flexibility index (Phi) is 4.06. The molecule has 1 aromatic carbocycles. The van der Waals surface area contributed by atoms with Gasteiger partial charge in [-0.1, -0.05) is 12.1 Å². The van der Waals surface area contributed by atoms with Gasteiger partial charge in [-0.2, -0.15) is 0 Å². The molecule has 0 aliphatic heterocycles. The van der Waals surface area contributed by atoms with Crippen molar-refractivity contribution in [3.63, 3.8) is 0 Å². The van der Waals surface area contributed by atoms with Crippen molar-refractivity contribution >= 4 is 11.9 Å². The van der Waals surface area contributed by atoms with Gasteiger partial charge < -0.3 is 20.6 Å². The van der Waals surface area contributed by atoms with Crippen molar-refractivity contribution in [2.45, 2.75) is 19.6 Å². The molecule has 0 aromatic heterocycles. The number of hydrogen-bond acceptors (Lipinski definition) is 4. The molecule has 4 N–H and O–H groups in total. The molecular formula is C11H13NO5. The molecule has 92 valence electrons. The lowest BCUT2D eigenvalue weighted by molar-refractivity contribution is -0.141. The smallest absolute Gasteiger partial charge is 0.330 e. The molecule has 0 spiro atoms. The molecule has 1 atom stereocenters. The third kappa shape index (κ3) is 3.18. The zero-order chi connectivity index (χ0) is 13.0. The van der Waals surface area contributed by atoms with E-state index >= 15 is 0 Å². The number of benzene rings is 1. The number of phenols is 1. The average Bonchev–Trinajstić information content (AvgIpc) is 2.25. The second-order valence-electron chi connectivity index (χ2n) is 3.52. The molecule has 17 heavy (non-hydrogen) atoms. The van der Waals surface area contributed by atoms with Crippen molar-refractivity contribution in [2.24, 2.45) is 0 Å². The van der Waals surface area contributed by atoms with Crippen molar-refractivity contribution < 1.29 is 24.9 Å². The van der Waals surface area contributed by atoms with Crippen molar-refractivity contribution in [3.8, 4) is 5.75 Å². The fourth-order valence-electron chi connectivity index (χ4n) is 1.39. The molecule has 0 saturated heterocycles. The normalized spacial score (nSPS) is 11.9. The molecule has 0 radical (unpaired) electrons. The van der Waals surface area contributed by atoms with E-state index in [-0.39, 0.29) is 17.9 Å². The van der Waals surface area contributed by atoms with Crippen LogP contribution in [0, 0.1) is 0 Å². The van der Waals surface area contributed by atoms with E-state index in [9.17, 15) is 14.7 Å². The highest BCUT2D eigenvalue weighted by molar-refractivity contribution is 5.83. The van der Waals surface area contributed by atoms with E-state index in [1.54, 1.807) is 0 Å². The maximum absolute atomic E-state index is 11.0. The van der Waals surface area contributed by atoms with Gasteiger partial charge >= 0.3 is 5.97 Å². The Labute approximate surface area is 97.5 Å². The first kappa shape index (κ1) is 13.0. The molecule has 0 heterocycles. The summed E-state index contributed by atoms with van der Waals surface area (Å²) in [4.78, 5) is 21.8. The van der Waals surface area contributed by atoms with Gasteiger partial charge in [0.2, 0.25) is 5.91 Å². The minimum atomic E-state index is -1.23. The SMILES string of the molecule is CC(=O)NC(C(=O)O)c1ccc(CO)c(O)c1. The molecule has 1 unspecified atom stereocenters. The van der Waals surface area contributed by atoms with Crippen molar-refractivity contribution in [2.75, 3.05) is 0 Å². The fraction of sp³-hybridized carbons (Fsp3) is 0.273. The van der Waals surface area contributed by atoms with E-state index in [0.717, 1.165) is 0 Å². The summed E-state index contributed by atoms with van der Waals surface area (Å²) in [7, 11) is 0. The highest BCUT2D eigenvalue weighted by atomic mass is 16.4. The largest absolute Gasteiger partial charge is 0.508 e. The highest BCUT2D eigenvalue weighted by Crippen LogP contribution is 2.23. The number of aliphatic hydroxyl groups is 1. The minimum Gasteiger partial charge on any atom is -0.508 e. The third-order valence-corrected chi connectivity index (χ3v) is 2.21. The van der Waals surface area contributed by atoms with Gasteiger partial charge in [0.05, 0.1) is 6.61 Å². The van der Waals surface area contributed by atoms with Crippen LogP contribution in [-0.2, 0) is 16.2 Å². The summed E-state index contributed by atoms with van der Waals surface area (Å²) in [5.41, 5.74) is 0.531. The van der Waals surface area contributed by atoms with Crippen LogP contribution in [0.1, 0.15) is 24.1 Å². The van der Waals surface area contributed by atoms with Crippen LogP contribution >= 0.6 is 0 Å². The Morgan fingerprint density at radius 1 is 1.41 bits per heavy atom. The van der Waals surface area contributed by atoms with E-state index < -0.39 is 17.9 Å². The minimum absolute atomic E-state index is 0.207. The van der Waals surface area contributed by atoms with Crippen LogP contribution < -0.4 is 5.32 Å². The summed E-state index contributed by atoms with van der Waals surface area (Å²) >= 11 is 0. The first-order valence-electron chi connectivity index (χ1n) is 4.88. The number of carboxylic acid groups (broad SMARTS) is 1. The Morgan fingerprint density at radius 3 is 2.47 bits per heavy atom. The number of carbonyl (C=O) groups excluding carboxylic acids is 1. The number of carboxylic acids is 1. The van der Waals surface area contributed by atoms with E-state index in [4.69, 9.17) is 10.2 Å². The van der Waals surface area contributed by atoms with Crippen LogP contribution in [0.5, 0.6) is 5.75 Å². The zero-order valence-electron chi connectivity index (χ0n) is 9.17. The fourth-order valence-corrected chi connectivity index (χ4v) is 1.39. The van der Waals surface area contributed by atoms with Gasteiger partial charge in [-0.05, 0) is 11.6 Å². The summed E-state index contributed by atoms with van der Waals surface area (Å²) < 4.78 is 0. The Morgan fingerprint density at radius 2 is 2.06 bits per heavy atom. The predicted octanol–water partition coefficient (Wildman–Crippen LogP) is 0.146. The Bertz CT molecular complexity index is 443. The maximum Gasteiger partial charge on any atom is 0.330 e. The summed E-state index contributed by atoms with van der Waals surface area (Å²) in [5, 5.41) is 29.5. The van der Waals surface area contributed by atoms with Gasteiger partial charge in [-0.25, -0.2) is 4.79 Å². The van der Waals surface area contributed by atoms with Crippen LogP contribution in [0.2, 0.25) is 0 Å². The first-order valence-corrected chi connectivity index (χ1v) is 4.88. The van der Waals surface area contributed by atoms with Crippen LogP contribution in [0.4, 0.5) is 0 Å². The molecule has 6 nitrogen and oxygen atoms in total. The highest BCUT2D eigenvalue weighted by Gasteiger charge is 2.21. The molecular weight excluding hydrogens is 226 g/mol. The molecule has 0 bridgehead atoms. The van der Waals surface area contributed by atoms with Gasteiger partial charge in [0.15, 0.2) is 6.04 Å². The van der Waals surface area contributed by atoms with Crippen molar-refractivity contribution in [1.82, 2.24) is 5.32 Å². The lowest BCUT2D eigenvalue weighted by Crippen LogP contribution is -2.31. The van der Waals surface area contributed by atoms with Gasteiger partial charge in [0, 0.05) is 12.5 Å². The number of aliphatic carboxylic acids is 1. The zero-order valence-corrected chi connectivity index (χ0v) is 9.17.